The largest absolute Gasteiger partial charge is 0.495 e. The van der Waals surface area contributed by atoms with E-state index in [1.54, 1.807) is 19.5 Å². The van der Waals surface area contributed by atoms with Crippen molar-refractivity contribution in [1.82, 2.24) is 9.88 Å². The summed E-state index contributed by atoms with van der Waals surface area (Å²) in [6, 6.07) is 19.5. The predicted molar refractivity (Wildman–Crippen MR) is 112 cm³/mol. The minimum Gasteiger partial charge on any atom is -0.495 e. The van der Waals surface area contributed by atoms with Crippen LogP contribution in [-0.4, -0.2) is 28.9 Å². The van der Waals surface area contributed by atoms with Crippen LogP contribution in [0.15, 0.2) is 73.1 Å². The average molecular weight is 375 g/mol. The van der Waals surface area contributed by atoms with E-state index in [1.807, 2.05) is 79.4 Å². The lowest BCUT2D eigenvalue weighted by Crippen LogP contribution is -2.36. The Labute approximate surface area is 166 Å². The molecule has 0 aliphatic carbocycles. The first-order valence-electron chi connectivity index (χ1n) is 9.28. The summed E-state index contributed by atoms with van der Waals surface area (Å²) in [4.78, 5) is 19.3. The van der Waals surface area contributed by atoms with Crippen molar-refractivity contribution in [2.75, 3.05) is 12.4 Å². The fourth-order valence-electron chi connectivity index (χ4n) is 2.96. The standard InChI is InChI=1S/C23H25N3O2/c1-17(2)26(16-18-9-5-4-6-10-18)23(27)19-13-20(15-24-14-19)25-21-11-7-8-12-22(21)28-3/h4-15,17,25H,16H2,1-3H3. The first-order chi connectivity index (χ1) is 13.6. The van der Waals surface area contributed by atoms with E-state index >= 15 is 0 Å². The molecule has 5 nitrogen and oxygen atoms in total. The second-order valence-corrected chi connectivity index (χ2v) is 6.80. The normalized spacial score (nSPS) is 10.6. The zero-order valence-corrected chi connectivity index (χ0v) is 16.4. The number of ether oxygens (including phenoxy) is 1. The van der Waals surface area contributed by atoms with Gasteiger partial charge in [0.15, 0.2) is 0 Å². The van der Waals surface area contributed by atoms with Gasteiger partial charge >= 0.3 is 0 Å². The third kappa shape index (κ3) is 4.68. The molecule has 0 saturated carbocycles. The number of methoxy groups -OCH3 is 1. The molecule has 0 unspecified atom stereocenters. The van der Waals surface area contributed by atoms with Gasteiger partial charge in [0.05, 0.1) is 30.2 Å². The smallest absolute Gasteiger partial charge is 0.256 e. The number of hydrogen-bond acceptors (Lipinski definition) is 4. The van der Waals surface area contributed by atoms with Gasteiger partial charge in [0.1, 0.15) is 5.75 Å². The predicted octanol–water partition coefficient (Wildman–Crippen LogP) is 4.88. The molecule has 1 heterocycles. The third-order valence-corrected chi connectivity index (χ3v) is 4.45. The molecule has 28 heavy (non-hydrogen) atoms. The molecule has 3 aromatic rings. The summed E-state index contributed by atoms with van der Waals surface area (Å²) in [5.41, 5.74) is 3.20. The lowest BCUT2D eigenvalue weighted by molar-refractivity contribution is 0.0690. The van der Waals surface area contributed by atoms with Crippen LogP contribution in [0.3, 0.4) is 0 Å². The molecule has 0 saturated heterocycles. The topological polar surface area (TPSA) is 54.5 Å². The van der Waals surface area contributed by atoms with Crippen molar-refractivity contribution >= 4 is 17.3 Å². The fourth-order valence-corrected chi connectivity index (χ4v) is 2.96. The van der Waals surface area contributed by atoms with E-state index in [0.29, 0.717) is 12.1 Å². The summed E-state index contributed by atoms with van der Waals surface area (Å²) in [7, 11) is 1.63. The Morgan fingerprint density at radius 1 is 1.07 bits per heavy atom. The second kappa shape index (κ2) is 9.04. The number of para-hydroxylation sites is 2. The number of pyridine rings is 1. The lowest BCUT2D eigenvalue weighted by Gasteiger charge is -2.27. The molecule has 0 aliphatic heterocycles. The van der Waals surface area contributed by atoms with Crippen molar-refractivity contribution in [3.8, 4) is 5.75 Å². The Morgan fingerprint density at radius 3 is 2.50 bits per heavy atom. The highest BCUT2D eigenvalue weighted by Gasteiger charge is 2.20. The quantitative estimate of drug-likeness (QED) is 0.639. The van der Waals surface area contributed by atoms with E-state index in [1.165, 1.54) is 0 Å². The average Bonchev–Trinajstić information content (AvgIpc) is 2.72. The van der Waals surface area contributed by atoms with Gasteiger partial charge in [-0.25, -0.2) is 0 Å². The minimum absolute atomic E-state index is 0.0463. The van der Waals surface area contributed by atoms with E-state index < -0.39 is 0 Å². The van der Waals surface area contributed by atoms with Crippen LogP contribution in [0.1, 0.15) is 29.8 Å². The molecule has 0 radical (unpaired) electrons. The maximum absolute atomic E-state index is 13.2. The van der Waals surface area contributed by atoms with E-state index in [-0.39, 0.29) is 11.9 Å². The summed E-state index contributed by atoms with van der Waals surface area (Å²) in [5.74, 6) is 0.683. The van der Waals surface area contributed by atoms with Gasteiger partial charge in [0, 0.05) is 18.8 Å². The molecule has 2 aromatic carbocycles. The molecule has 0 spiro atoms. The van der Waals surface area contributed by atoms with Crippen LogP contribution < -0.4 is 10.1 Å². The fraction of sp³-hybridized carbons (Fsp3) is 0.217. The highest BCUT2D eigenvalue weighted by molar-refractivity contribution is 5.95. The molecule has 5 heteroatoms. The number of anilines is 2. The first kappa shape index (κ1) is 19.4. The SMILES string of the molecule is COc1ccccc1Nc1cncc(C(=O)N(Cc2ccccc2)C(C)C)c1. The van der Waals surface area contributed by atoms with Gasteiger partial charge in [-0.3, -0.25) is 9.78 Å². The Balaban J connectivity index is 1.82. The van der Waals surface area contributed by atoms with Gasteiger partial charge in [-0.05, 0) is 37.6 Å². The first-order valence-corrected chi connectivity index (χ1v) is 9.28. The van der Waals surface area contributed by atoms with Crippen LogP contribution in [0, 0.1) is 0 Å². The Hall–Kier alpha value is -3.34. The Bertz CT molecular complexity index is 926. The third-order valence-electron chi connectivity index (χ3n) is 4.45. The van der Waals surface area contributed by atoms with Crippen LogP contribution >= 0.6 is 0 Å². The molecular weight excluding hydrogens is 350 g/mol. The molecule has 0 aliphatic rings. The monoisotopic (exact) mass is 375 g/mol. The summed E-state index contributed by atoms with van der Waals surface area (Å²) in [6.45, 7) is 4.60. The van der Waals surface area contributed by atoms with E-state index in [4.69, 9.17) is 4.74 Å². The number of carbonyl (C=O) groups excluding carboxylic acids is 1. The maximum atomic E-state index is 13.2. The van der Waals surface area contributed by atoms with Crippen LogP contribution in [0.5, 0.6) is 5.75 Å². The number of hydrogen-bond donors (Lipinski definition) is 1. The summed E-state index contributed by atoms with van der Waals surface area (Å²) in [5, 5.41) is 3.28. The molecule has 0 fully saturated rings. The van der Waals surface area contributed by atoms with Gasteiger partial charge in [-0.2, -0.15) is 0 Å². The van der Waals surface area contributed by atoms with Crippen molar-refractivity contribution in [2.24, 2.45) is 0 Å². The number of rotatable bonds is 7. The van der Waals surface area contributed by atoms with E-state index in [9.17, 15) is 4.79 Å². The number of aromatic nitrogens is 1. The Kier molecular flexibility index (Phi) is 6.27. The van der Waals surface area contributed by atoms with Gasteiger partial charge in [-0.15, -0.1) is 0 Å². The summed E-state index contributed by atoms with van der Waals surface area (Å²) >= 11 is 0. The molecule has 0 atom stereocenters. The molecule has 1 amide bonds. The summed E-state index contributed by atoms with van der Waals surface area (Å²) < 4.78 is 5.37. The summed E-state index contributed by atoms with van der Waals surface area (Å²) in [6.07, 6.45) is 3.30. The van der Waals surface area contributed by atoms with Gasteiger partial charge in [0.25, 0.3) is 5.91 Å². The second-order valence-electron chi connectivity index (χ2n) is 6.80. The van der Waals surface area contributed by atoms with Crippen LogP contribution in [-0.2, 0) is 6.54 Å². The lowest BCUT2D eigenvalue weighted by atomic mass is 10.1. The molecule has 1 N–H and O–H groups in total. The van der Waals surface area contributed by atoms with Crippen molar-refractivity contribution < 1.29 is 9.53 Å². The van der Waals surface area contributed by atoms with Gasteiger partial charge in [0.2, 0.25) is 0 Å². The van der Waals surface area contributed by atoms with Gasteiger partial charge < -0.3 is 15.0 Å². The van der Waals surface area contributed by atoms with Gasteiger partial charge in [-0.1, -0.05) is 42.5 Å². The van der Waals surface area contributed by atoms with Crippen LogP contribution in [0.25, 0.3) is 0 Å². The highest BCUT2D eigenvalue weighted by atomic mass is 16.5. The van der Waals surface area contributed by atoms with Crippen molar-refractivity contribution in [3.05, 3.63) is 84.2 Å². The highest BCUT2D eigenvalue weighted by Crippen LogP contribution is 2.27. The minimum atomic E-state index is -0.0463. The zero-order chi connectivity index (χ0) is 19.9. The van der Waals surface area contributed by atoms with E-state index in [2.05, 4.69) is 10.3 Å². The molecule has 144 valence electrons. The zero-order valence-electron chi connectivity index (χ0n) is 16.4. The van der Waals surface area contributed by atoms with Crippen LogP contribution in [0.2, 0.25) is 0 Å². The molecule has 3 rings (SSSR count). The maximum Gasteiger partial charge on any atom is 0.256 e. The number of nitrogens with zero attached hydrogens (tertiary/aromatic N) is 2. The van der Waals surface area contributed by atoms with Crippen LogP contribution in [0.4, 0.5) is 11.4 Å². The van der Waals surface area contributed by atoms with E-state index in [0.717, 1.165) is 22.7 Å². The molecule has 0 bridgehead atoms. The Morgan fingerprint density at radius 2 is 1.79 bits per heavy atom. The number of amides is 1. The van der Waals surface area contributed by atoms with Crippen molar-refractivity contribution in [2.45, 2.75) is 26.4 Å². The molecular formula is C23H25N3O2. The number of nitrogens with one attached hydrogen (secondary N) is 1. The van der Waals surface area contributed by atoms with Crippen molar-refractivity contribution in [3.63, 3.8) is 0 Å². The number of benzene rings is 2. The van der Waals surface area contributed by atoms with Crippen molar-refractivity contribution in [1.29, 1.82) is 0 Å². The molecule has 1 aromatic heterocycles. The number of carbonyl (C=O) groups is 1.